The number of nitrogens with zero attached hydrogens (tertiary/aromatic N) is 5. The highest BCUT2D eigenvalue weighted by Gasteiger charge is 2.20. The van der Waals surface area contributed by atoms with Gasteiger partial charge in [-0.15, -0.1) is 0 Å². The van der Waals surface area contributed by atoms with Crippen LogP contribution in [0.3, 0.4) is 0 Å². The van der Waals surface area contributed by atoms with E-state index in [-0.39, 0.29) is 12.6 Å². The summed E-state index contributed by atoms with van der Waals surface area (Å²) >= 11 is 0. The van der Waals surface area contributed by atoms with Gasteiger partial charge in [-0.05, 0) is 20.3 Å². The second-order valence-electron chi connectivity index (χ2n) is 4.51. The summed E-state index contributed by atoms with van der Waals surface area (Å²) in [6.07, 6.45) is 2.26. The van der Waals surface area contributed by atoms with Crippen LogP contribution in [0.25, 0.3) is 5.78 Å². The van der Waals surface area contributed by atoms with Crippen molar-refractivity contribution >= 4 is 17.6 Å². The second kappa shape index (κ2) is 5.21. The lowest BCUT2D eigenvalue weighted by molar-refractivity contribution is -0.135. The molecule has 0 saturated heterocycles. The molecule has 0 aliphatic rings. The Morgan fingerprint density at radius 1 is 1.58 bits per heavy atom. The molecule has 0 aromatic carbocycles. The van der Waals surface area contributed by atoms with Crippen LogP contribution >= 0.6 is 0 Å². The third-order valence-electron chi connectivity index (χ3n) is 3.08. The molecule has 102 valence electrons. The van der Waals surface area contributed by atoms with E-state index in [1.165, 1.54) is 6.33 Å². The number of rotatable bonds is 5. The first-order valence-electron chi connectivity index (χ1n) is 6.18. The smallest absolute Gasteiger partial charge is 0.323 e. The Bertz CT molecular complexity index is 595. The Kier molecular flexibility index (Phi) is 3.64. The minimum Gasteiger partial charge on any atom is -0.480 e. The van der Waals surface area contributed by atoms with Crippen LogP contribution in [0.15, 0.2) is 12.4 Å². The number of hydrogen-bond donors (Lipinski definition) is 1. The lowest BCUT2D eigenvalue weighted by Gasteiger charge is -2.29. The third kappa shape index (κ3) is 2.64. The number of aromatic nitrogens is 4. The minimum absolute atomic E-state index is 0.0760. The van der Waals surface area contributed by atoms with Gasteiger partial charge in [-0.3, -0.25) is 4.79 Å². The maximum absolute atomic E-state index is 11.1. The SMILES string of the molecule is CCC(C)N(CC(=O)O)c1cc(C)nc2ncnn12. The Balaban J connectivity index is 2.54. The van der Waals surface area contributed by atoms with Crippen LogP contribution in [0.1, 0.15) is 26.0 Å². The monoisotopic (exact) mass is 263 g/mol. The van der Waals surface area contributed by atoms with Crippen molar-refractivity contribution in [3.63, 3.8) is 0 Å². The lowest BCUT2D eigenvalue weighted by atomic mass is 10.2. The quantitative estimate of drug-likeness (QED) is 0.870. The van der Waals surface area contributed by atoms with Gasteiger partial charge in [-0.25, -0.2) is 4.98 Å². The Labute approximate surface area is 110 Å². The Morgan fingerprint density at radius 3 is 2.95 bits per heavy atom. The van der Waals surface area contributed by atoms with Crippen molar-refractivity contribution in [2.24, 2.45) is 0 Å². The van der Waals surface area contributed by atoms with Gasteiger partial charge >= 0.3 is 5.97 Å². The average molecular weight is 263 g/mol. The van der Waals surface area contributed by atoms with Gasteiger partial charge in [0.25, 0.3) is 5.78 Å². The van der Waals surface area contributed by atoms with Crippen molar-refractivity contribution in [1.82, 2.24) is 19.6 Å². The van der Waals surface area contributed by atoms with Gasteiger partial charge in [0.1, 0.15) is 18.7 Å². The maximum atomic E-state index is 11.1. The Morgan fingerprint density at radius 2 is 2.32 bits per heavy atom. The van der Waals surface area contributed by atoms with Crippen LogP contribution in [0.4, 0.5) is 5.82 Å². The predicted molar refractivity (Wildman–Crippen MR) is 70.3 cm³/mol. The van der Waals surface area contributed by atoms with E-state index in [2.05, 4.69) is 15.1 Å². The summed E-state index contributed by atoms with van der Waals surface area (Å²) in [4.78, 5) is 21.2. The van der Waals surface area contributed by atoms with Crippen LogP contribution in [0.5, 0.6) is 0 Å². The molecule has 0 amide bonds. The molecule has 0 radical (unpaired) electrons. The highest BCUT2D eigenvalue weighted by Crippen LogP contribution is 2.19. The molecule has 0 fully saturated rings. The topological polar surface area (TPSA) is 83.6 Å². The van der Waals surface area contributed by atoms with Crippen molar-refractivity contribution in [3.05, 3.63) is 18.1 Å². The van der Waals surface area contributed by atoms with Crippen molar-refractivity contribution in [2.45, 2.75) is 33.2 Å². The molecule has 1 atom stereocenters. The van der Waals surface area contributed by atoms with Gasteiger partial charge in [0.15, 0.2) is 0 Å². The molecule has 0 aliphatic heterocycles. The molecule has 0 saturated carbocycles. The molecule has 2 aromatic rings. The highest BCUT2D eigenvalue weighted by atomic mass is 16.4. The molecular formula is C12H17N5O2. The van der Waals surface area contributed by atoms with E-state index < -0.39 is 5.97 Å². The summed E-state index contributed by atoms with van der Waals surface area (Å²) < 4.78 is 1.57. The lowest BCUT2D eigenvalue weighted by Crippen LogP contribution is -2.38. The minimum atomic E-state index is -0.872. The molecule has 19 heavy (non-hydrogen) atoms. The Hall–Kier alpha value is -2.18. The van der Waals surface area contributed by atoms with E-state index >= 15 is 0 Å². The van der Waals surface area contributed by atoms with E-state index in [1.807, 2.05) is 26.8 Å². The van der Waals surface area contributed by atoms with Gasteiger partial charge in [0.05, 0.1) is 0 Å². The fourth-order valence-corrected chi connectivity index (χ4v) is 1.94. The summed E-state index contributed by atoms with van der Waals surface area (Å²) in [5.74, 6) is 0.313. The van der Waals surface area contributed by atoms with E-state index in [0.29, 0.717) is 11.6 Å². The summed E-state index contributed by atoms with van der Waals surface area (Å²) in [6.45, 7) is 5.79. The first-order valence-corrected chi connectivity index (χ1v) is 6.18. The van der Waals surface area contributed by atoms with E-state index in [1.54, 1.807) is 9.42 Å². The molecule has 2 heterocycles. The van der Waals surface area contributed by atoms with Crippen LogP contribution in [-0.2, 0) is 4.79 Å². The molecule has 0 aliphatic carbocycles. The fourth-order valence-electron chi connectivity index (χ4n) is 1.94. The van der Waals surface area contributed by atoms with Crippen LogP contribution in [0, 0.1) is 6.92 Å². The van der Waals surface area contributed by atoms with Crippen molar-refractivity contribution in [3.8, 4) is 0 Å². The van der Waals surface area contributed by atoms with Crippen LogP contribution in [-0.4, -0.2) is 43.2 Å². The second-order valence-corrected chi connectivity index (χ2v) is 4.51. The molecule has 1 unspecified atom stereocenters. The molecule has 7 nitrogen and oxygen atoms in total. The zero-order chi connectivity index (χ0) is 14.0. The number of hydrogen-bond acceptors (Lipinski definition) is 5. The molecule has 1 N–H and O–H groups in total. The van der Waals surface area contributed by atoms with Crippen molar-refractivity contribution in [1.29, 1.82) is 0 Å². The predicted octanol–water partition coefficient (Wildman–Crippen LogP) is 1.12. The largest absolute Gasteiger partial charge is 0.480 e. The van der Waals surface area contributed by atoms with Gasteiger partial charge < -0.3 is 10.0 Å². The zero-order valence-electron chi connectivity index (χ0n) is 11.2. The van der Waals surface area contributed by atoms with Gasteiger partial charge in [0, 0.05) is 17.8 Å². The average Bonchev–Trinajstić information content (AvgIpc) is 2.81. The first kappa shape index (κ1) is 13.3. The molecular weight excluding hydrogens is 246 g/mol. The third-order valence-corrected chi connectivity index (χ3v) is 3.08. The summed E-state index contributed by atoms with van der Waals surface area (Å²) in [5.41, 5.74) is 0.786. The molecule has 0 bridgehead atoms. The molecule has 2 aromatic heterocycles. The normalized spacial score (nSPS) is 12.6. The number of carboxylic acids is 1. The summed E-state index contributed by atoms with van der Waals surface area (Å²) in [7, 11) is 0. The molecule has 0 spiro atoms. The van der Waals surface area contributed by atoms with Crippen molar-refractivity contribution < 1.29 is 9.90 Å². The number of fused-ring (bicyclic) bond motifs is 1. The zero-order valence-corrected chi connectivity index (χ0v) is 11.2. The summed E-state index contributed by atoms with van der Waals surface area (Å²) in [6, 6.07) is 1.92. The van der Waals surface area contributed by atoms with Crippen LogP contribution in [0.2, 0.25) is 0 Å². The van der Waals surface area contributed by atoms with Gasteiger partial charge in [-0.1, -0.05) is 6.92 Å². The summed E-state index contributed by atoms with van der Waals surface area (Å²) in [5, 5.41) is 13.2. The van der Waals surface area contributed by atoms with Crippen molar-refractivity contribution in [2.75, 3.05) is 11.4 Å². The van der Waals surface area contributed by atoms with E-state index in [0.717, 1.165) is 12.1 Å². The van der Waals surface area contributed by atoms with Crippen LogP contribution < -0.4 is 4.90 Å². The van der Waals surface area contributed by atoms with Gasteiger partial charge in [0.2, 0.25) is 0 Å². The molecule has 7 heteroatoms. The standard InChI is InChI=1S/C12H17N5O2/c1-4-9(3)16(6-11(18)19)10-5-8(2)15-12-13-7-14-17(10)12/h5,7,9H,4,6H2,1-3H3,(H,18,19). The van der Waals surface area contributed by atoms with Gasteiger partial charge in [-0.2, -0.15) is 14.6 Å². The van der Waals surface area contributed by atoms with E-state index in [4.69, 9.17) is 5.11 Å². The number of aliphatic carboxylic acids is 1. The maximum Gasteiger partial charge on any atom is 0.323 e. The van der Waals surface area contributed by atoms with E-state index in [9.17, 15) is 4.79 Å². The number of carboxylic acid groups (broad SMARTS) is 1. The first-order chi connectivity index (χ1) is 9.02. The molecule has 2 rings (SSSR count). The fraction of sp³-hybridized carbons (Fsp3) is 0.500. The highest BCUT2D eigenvalue weighted by molar-refractivity contribution is 5.73. The number of aryl methyl sites for hydroxylation is 1. The number of anilines is 1. The number of carbonyl (C=O) groups is 1.